The molecule has 1 aromatic carbocycles. The normalized spacial score (nSPS) is 20.7. The zero-order valence-electron chi connectivity index (χ0n) is 15.3. The van der Waals surface area contributed by atoms with Gasteiger partial charge >= 0.3 is 0 Å². The molecule has 1 saturated heterocycles. The summed E-state index contributed by atoms with van der Waals surface area (Å²) in [5.41, 5.74) is 0.880. The largest absolute Gasteiger partial charge is 0.490 e. The van der Waals surface area contributed by atoms with Crippen LogP contribution in [-0.4, -0.2) is 44.5 Å². The van der Waals surface area contributed by atoms with Crippen molar-refractivity contribution in [3.63, 3.8) is 0 Å². The van der Waals surface area contributed by atoms with E-state index in [9.17, 15) is 13.2 Å². The Morgan fingerprint density at radius 1 is 1.23 bits per heavy atom. The Morgan fingerprint density at radius 2 is 1.88 bits per heavy atom. The number of para-hydroxylation sites is 1. The van der Waals surface area contributed by atoms with E-state index in [-0.39, 0.29) is 12.6 Å². The predicted octanol–water partition coefficient (Wildman–Crippen LogP) is 1.79. The first-order chi connectivity index (χ1) is 12.4. The Labute approximate surface area is 155 Å². The van der Waals surface area contributed by atoms with Crippen LogP contribution in [0.2, 0.25) is 0 Å². The number of nitrogens with one attached hydrogen (secondary N) is 2. The molecule has 0 bridgehead atoms. The van der Waals surface area contributed by atoms with E-state index in [0.717, 1.165) is 30.4 Å². The molecule has 0 atom stereocenters. The van der Waals surface area contributed by atoms with Crippen LogP contribution >= 0.6 is 0 Å². The summed E-state index contributed by atoms with van der Waals surface area (Å²) < 4.78 is 29.5. The molecule has 1 heterocycles. The van der Waals surface area contributed by atoms with Crippen molar-refractivity contribution in [3.8, 4) is 5.75 Å². The zero-order chi connectivity index (χ0) is 18.6. The van der Waals surface area contributed by atoms with Crippen molar-refractivity contribution in [2.75, 3.05) is 19.3 Å². The molecule has 1 aliphatic heterocycles. The highest BCUT2D eigenvalue weighted by molar-refractivity contribution is 7.92. The third-order valence-electron chi connectivity index (χ3n) is 5.54. The van der Waals surface area contributed by atoms with Crippen LogP contribution in [0.5, 0.6) is 5.75 Å². The molecule has 2 fully saturated rings. The van der Waals surface area contributed by atoms with E-state index >= 15 is 0 Å². The molecule has 144 valence electrons. The number of hydrogen-bond donors (Lipinski definition) is 2. The molecule has 2 aliphatic rings. The molecule has 26 heavy (non-hydrogen) atoms. The Balaban J connectivity index is 1.70. The summed E-state index contributed by atoms with van der Waals surface area (Å²) in [6.07, 6.45) is 6.50. The first-order valence-electron chi connectivity index (χ1n) is 9.35. The fraction of sp³-hybridized carbons (Fsp3) is 0.632. The Kier molecular flexibility index (Phi) is 5.87. The summed E-state index contributed by atoms with van der Waals surface area (Å²) in [7, 11) is -3.50. The van der Waals surface area contributed by atoms with Crippen molar-refractivity contribution in [1.29, 1.82) is 0 Å². The van der Waals surface area contributed by atoms with Crippen molar-refractivity contribution in [3.05, 3.63) is 29.8 Å². The van der Waals surface area contributed by atoms with Gasteiger partial charge in [0.25, 0.3) is 0 Å². The summed E-state index contributed by atoms with van der Waals surface area (Å²) >= 11 is 0. The molecule has 1 amide bonds. The molecule has 6 nitrogen and oxygen atoms in total. The van der Waals surface area contributed by atoms with E-state index in [2.05, 4.69) is 10.6 Å². The Hall–Kier alpha value is -1.60. The molecule has 1 saturated carbocycles. The number of benzene rings is 1. The van der Waals surface area contributed by atoms with Crippen LogP contribution in [-0.2, 0) is 21.2 Å². The fourth-order valence-electron chi connectivity index (χ4n) is 3.88. The number of carbonyl (C=O) groups is 1. The highest BCUT2D eigenvalue weighted by Gasteiger charge is 2.48. The van der Waals surface area contributed by atoms with E-state index in [1.165, 1.54) is 12.8 Å². The topological polar surface area (TPSA) is 84.5 Å². The second-order valence-corrected chi connectivity index (χ2v) is 9.66. The molecule has 1 aliphatic carbocycles. The molecule has 2 N–H and O–H groups in total. The second-order valence-electron chi connectivity index (χ2n) is 7.33. The summed E-state index contributed by atoms with van der Waals surface area (Å²) in [6, 6.07) is 7.65. The SMILES string of the molecule is CS(=O)(=O)C1(C(=O)NCc2ccccc2OC2CCCC2)CCNCC1. The number of sulfone groups is 1. The average molecular weight is 381 g/mol. The van der Waals surface area contributed by atoms with Crippen molar-refractivity contribution in [2.24, 2.45) is 0 Å². The van der Waals surface area contributed by atoms with Gasteiger partial charge in [0.05, 0.1) is 6.10 Å². The van der Waals surface area contributed by atoms with Gasteiger partial charge in [-0.3, -0.25) is 4.79 Å². The molecule has 7 heteroatoms. The van der Waals surface area contributed by atoms with E-state index in [4.69, 9.17) is 4.74 Å². The Bertz CT molecular complexity index is 736. The van der Waals surface area contributed by atoms with Crippen molar-refractivity contribution >= 4 is 15.7 Å². The van der Waals surface area contributed by atoms with Gasteiger partial charge in [-0.2, -0.15) is 0 Å². The van der Waals surface area contributed by atoms with Crippen molar-refractivity contribution in [2.45, 2.75) is 55.9 Å². The second kappa shape index (κ2) is 7.96. The molecule has 3 rings (SSSR count). The Morgan fingerprint density at radius 3 is 2.54 bits per heavy atom. The van der Waals surface area contributed by atoms with Crippen molar-refractivity contribution in [1.82, 2.24) is 10.6 Å². The van der Waals surface area contributed by atoms with E-state index in [1.807, 2.05) is 24.3 Å². The maximum Gasteiger partial charge on any atom is 0.241 e. The molecular formula is C19H28N2O4S. The van der Waals surface area contributed by atoms with Gasteiger partial charge in [-0.15, -0.1) is 0 Å². The smallest absolute Gasteiger partial charge is 0.241 e. The minimum absolute atomic E-state index is 0.235. The van der Waals surface area contributed by atoms with Gasteiger partial charge in [0.15, 0.2) is 14.6 Å². The van der Waals surface area contributed by atoms with Gasteiger partial charge in [-0.25, -0.2) is 8.42 Å². The van der Waals surface area contributed by atoms with Gasteiger partial charge < -0.3 is 15.4 Å². The van der Waals surface area contributed by atoms with Gasteiger partial charge in [0.1, 0.15) is 5.75 Å². The molecule has 0 aromatic heterocycles. The van der Waals surface area contributed by atoms with Crippen LogP contribution in [0, 0.1) is 0 Å². The lowest BCUT2D eigenvalue weighted by Gasteiger charge is -2.34. The number of hydrogen-bond acceptors (Lipinski definition) is 5. The maximum absolute atomic E-state index is 12.8. The van der Waals surface area contributed by atoms with Gasteiger partial charge in [0.2, 0.25) is 5.91 Å². The van der Waals surface area contributed by atoms with Gasteiger partial charge in [-0.1, -0.05) is 18.2 Å². The number of piperidine rings is 1. The quantitative estimate of drug-likeness (QED) is 0.786. The van der Waals surface area contributed by atoms with Crippen LogP contribution in [0.4, 0.5) is 0 Å². The van der Waals surface area contributed by atoms with Gasteiger partial charge in [-0.05, 0) is 57.7 Å². The van der Waals surface area contributed by atoms with E-state index < -0.39 is 20.5 Å². The third kappa shape index (κ3) is 4.04. The maximum atomic E-state index is 12.8. The predicted molar refractivity (Wildman–Crippen MR) is 101 cm³/mol. The fourth-order valence-corrected chi connectivity index (χ4v) is 5.24. The minimum Gasteiger partial charge on any atom is -0.490 e. The summed E-state index contributed by atoms with van der Waals surface area (Å²) in [6.45, 7) is 1.33. The summed E-state index contributed by atoms with van der Waals surface area (Å²) in [5.74, 6) is 0.371. The van der Waals surface area contributed by atoms with Gasteiger partial charge in [0, 0.05) is 18.4 Å². The highest BCUT2D eigenvalue weighted by atomic mass is 32.2. The summed E-state index contributed by atoms with van der Waals surface area (Å²) in [5, 5.41) is 5.98. The highest BCUT2D eigenvalue weighted by Crippen LogP contribution is 2.29. The number of carbonyl (C=O) groups excluding carboxylic acids is 1. The lowest BCUT2D eigenvalue weighted by molar-refractivity contribution is -0.124. The van der Waals surface area contributed by atoms with E-state index in [0.29, 0.717) is 25.9 Å². The minimum atomic E-state index is -3.50. The third-order valence-corrected chi connectivity index (χ3v) is 7.56. The first kappa shape index (κ1) is 19.2. The van der Waals surface area contributed by atoms with Crippen LogP contribution in [0.15, 0.2) is 24.3 Å². The number of ether oxygens (including phenoxy) is 1. The van der Waals surface area contributed by atoms with Crippen LogP contribution < -0.4 is 15.4 Å². The zero-order valence-corrected chi connectivity index (χ0v) is 16.1. The number of rotatable bonds is 6. The monoisotopic (exact) mass is 380 g/mol. The molecule has 0 radical (unpaired) electrons. The standard InChI is InChI=1S/C19H28N2O4S/c1-26(23,24)19(10-12-20-13-11-19)18(22)21-14-15-6-2-5-9-17(15)25-16-7-3-4-8-16/h2,5-6,9,16,20H,3-4,7-8,10-14H2,1H3,(H,21,22). The van der Waals surface area contributed by atoms with Crippen molar-refractivity contribution < 1.29 is 17.9 Å². The average Bonchev–Trinajstić information content (AvgIpc) is 3.13. The molecule has 0 spiro atoms. The molecule has 0 unspecified atom stereocenters. The van der Waals surface area contributed by atoms with E-state index in [1.54, 1.807) is 0 Å². The molecule has 1 aromatic rings. The number of amides is 1. The summed E-state index contributed by atoms with van der Waals surface area (Å²) in [4.78, 5) is 12.8. The lowest BCUT2D eigenvalue weighted by atomic mass is 9.95. The first-order valence-corrected chi connectivity index (χ1v) is 11.2. The van der Waals surface area contributed by atoms with Crippen LogP contribution in [0.3, 0.4) is 0 Å². The lowest BCUT2D eigenvalue weighted by Crippen LogP contribution is -2.57. The van der Waals surface area contributed by atoms with Crippen LogP contribution in [0.25, 0.3) is 0 Å². The molecular weight excluding hydrogens is 352 g/mol. The van der Waals surface area contributed by atoms with Crippen LogP contribution in [0.1, 0.15) is 44.1 Å².